The fraction of sp³-hybridized carbons (Fsp3) is 0.500. The number of hydrogen-bond acceptors (Lipinski definition) is 3. The number of halogens is 3. The molecule has 1 aromatic carbocycles. The van der Waals surface area contributed by atoms with Crippen LogP contribution in [0.4, 0.5) is 13.2 Å². The molecular weight excluding hydrogens is 263 g/mol. The zero-order valence-electron chi connectivity index (χ0n) is 9.87. The molecular formula is C12H16F3NOS. The van der Waals surface area contributed by atoms with E-state index in [-0.39, 0.29) is 6.61 Å². The maximum atomic E-state index is 11.8. The number of ether oxygens (including phenoxy) is 1. The third kappa shape index (κ3) is 6.88. The first kappa shape index (κ1) is 15.3. The van der Waals surface area contributed by atoms with E-state index in [0.29, 0.717) is 13.0 Å². The number of alkyl halides is 3. The van der Waals surface area contributed by atoms with Crippen molar-refractivity contribution in [1.82, 2.24) is 0 Å². The average molecular weight is 279 g/mol. The summed E-state index contributed by atoms with van der Waals surface area (Å²) in [6.07, 6.45) is -3.64. The summed E-state index contributed by atoms with van der Waals surface area (Å²) in [6.45, 7) is -0.549. The molecule has 0 bridgehead atoms. The predicted octanol–water partition coefficient (Wildman–Crippen LogP) is 3.21. The fourth-order valence-corrected chi connectivity index (χ4v) is 2.21. The minimum absolute atomic E-state index is 0.128. The third-order valence-corrected chi connectivity index (χ3v) is 3.18. The highest BCUT2D eigenvalue weighted by Gasteiger charge is 2.27. The van der Waals surface area contributed by atoms with Crippen LogP contribution in [0.2, 0.25) is 0 Å². The van der Waals surface area contributed by atoms with Crippen molar-refractivity contribution < 1.29 is 17.9 Å². The lowest BCUT2D eigenvalue weighted by atomic mass is 10.2. The Hall–Kier alpha value is -0.720. The normalized spacial score (nSPS) is 11.8. The molecule has 2 nitrogen and oxygen atoms in total. The molecule has 0 radical (unpaired) electrons. The van der Waals surface area contributed by atoms with Crippen molar-refractivity contribution >= 4 is 11.8 Å². The van der Waals surface area contributed by atoms with Crippen LogP contribution in [0, 0.1) is 0 Å². The van der Waals surface area contributed by atoms with E-state index in [1.165, 1.54) is 0 Å². The molecule has 0 aliphatic heterocycles. The van der Waals surface area contributed by atoms with Gasteiger partial charge >= 0.3 is 6.18 Å². The standard InChI is InChI=1S/C12H16F3NOS/c13-12(14,15)9-17-5-2-6-18-11-4-1-3-10(7-11)8-16/h1,3-4,7H,2,5-6,8-9,16H2. The zero-order chi connectivity index (χ0) is 13.4. The van der Waals surface area contributed by atoms with E-state index in [2.05, 4.69) is 4.74 Å². The molecule has 0 heterocycles. The Morgan fingerprint density at radius 2 is 2.06 bits per heavy atom. The van der Waals surface area contributed by atoms with Crippen molar-refractivity contribution in [3.05, 3.63) is 29.8 Å². The Morgan fingerprint density at radius 3 is 2.72 bits per heavy atom. The summed E-state index contributed by atoms with van der Waals surface area (Å²) < 4.78 is 39.8. The predicted molar refractivity (Wildman–Crippen MR) is 66.5 cm³/mol. The molecule has 0 fully saturated rings. The quantitative estimate of drug-likeness (QED) is 0.615. The van der Waals surface area contributed by atoms with Crippen LogP contribution in [0.5, 0.6) is 0 Å². The number of benzene rings is 1. The molecule has 0 aliphatic rings. The first-order chi connectivity index (χ1) is 8.51. The molecule has 1 aromatic rings. The fourth-order valence-electron chi connectivity index (χ4n) is 1.30. The summed E-state index contributed by atoms with van der Waals surface area (Å²) in [4.78, 5) is 1.08. The number of hydrogen-bond donors (Lipinski definition) is 1. The van der Waals surface area contributed by atoms with Gasteiger partial charge in [0.1, 0.15) is 6.61 Å². The van der Waals surface area contributed by atoms with E-state index in [4.69, 9.17) is 5.73 Å². The zero-order valence-corrected chi connectivity index (χ0v) is 10.7. The number of thioether (sulfide) groups is 1. The summed E-state index contributed by atoms with van der Waals surface area (Å²) >= 11 is 1.59. The van der Waals surface area contributed by atoms with E-state index in [0.717, 1.165) is 16.2 Å². The van der Waals surface area contributed by atoms with Crippen molar-refractivity contribution in [2.24, 2.45) is 5.73 Å². The molecule has 0 saturated carbocycles. The monoisotopic (exact) mass is 279 g/mol. The van der Waals surface area contributed by atoms with Gasteiger partial charge in [-0.3, -0.25) is 0 Å². The van der Waals surface area contributed by atoms with Gasteiger partial charge in [0, 0.05) is 23.8 Å². The Kier molecular flexibility index (Phi) is 6.52. The van der Waals surface area contributed by atoms with Gasteiger partial charge in [0.05, 0.1) is 0 Å². The highest BCUT2D eigenvalue weighted by atomic mass is 32.2. The molecule has 0 amide bonds. The van der Waals surface area contributed by atoms with Crippen molar-refractivity contribution in [3.63, 3.8) is 0 Å². The topological polar surface area (TPSA) is 35.2 Å². The third-order valence-electron chi connectivity index (χ3n) is 2.10. The molecule has 6 heteroatoms. The summed E-state index contributed by atoms with van der Waals surface area (Å²) in [6, 6.07) is 7.81. The Balaban J connectivity index is 2.14. The van der Waals surface area contributed by atoms with Gasteiger partial charge in [-0.15, -0.1) is 11.8 Å². The first-order valence-corrected chi connectivity index (χ1v) is 6.56. The molecule has 2 N–H and O–H groups in total. The van der Waals surface area contributed by atoms with Crippen LogP contribution in [0.3, 0.4) is 0 Å². The van der Waals surface area contributed by atoms with Crippen LogP contribution in [-0.4, -0.2) is 25.1 Å². The molecule has 1 rings (SSSR count). The lowest BCUT2D eigenvalue weighted by Gasteiger charge is -2.07. The number of nitrogens with two attached hydrogens (primary N) is 1. The molecule has 0 spiro atoms. The molecule has 0 aromatic heterocycles. The summed E-state index contributed by atoms with van der Waals surface area (Å²) in [5.41, 5.74) is 6.57. The molecule has 102 valence electrons. The van der Waals surface area contributed by atoms with Gasteiger partial charge in [-0.1, -0.05) is 12.1 Å². The molecule has 0 saturated heterocycles. The second-order valence-electron chi connectivity index (χ2n) is 3.72. The maximum absolute atomic E-state index is 11.8. The Bertz CT molecular complexity index is 357. The van der Waals surface area contributed by atoms with Crippen LogP contribution in [0.15, 0.2) is 29.2 Å². The lowest BCUT2D eigenvalue weighted by Crippen LogP contribution is -2.17. The summed E-state index contributed by atoms with van der Waals surface area (Å²) in [5.74, 6) is 0.728. The van der Waals surface area contributed by atoms with Crippen molar-refractivity contribution in [3.8, 4) is 0 Å². The Morgan fingerprint density at radius 1 is 1.28 bits per heavy atom. The second kappa shape index (κ2) is 7.66. The van der Waals surface area contributed by atoms with Crippen molar-refractivity contribution in [1.29, 1.82) is 0 Å². The van der Waals surface area contributed by atoms with E-state index >= 15 is 0 Å². The van der Waals surface area contributed by atoms with Crippen LogP contribution < -0.4 is 5.73 Å². The van der Waals surface area contributed by atoms with Crippen LogP contribution in [-0.2, 0) is 11.3 Å². The Labute approximate surface area is 109 Å². The van der Waals surface area contributed by atoms with Gasteiger partial charge < -0.3 is 10.5 Å². The molecule has 18 heavy (non-hydrogen) atoms. The van der Waals surface area contributed by atoms with Crippen molar-refractivity contribution in [2.75, 3.05) is 19.0 Å². The van der Waals surface area contributed by atoms with Crippen LogP contribution in [0.25, 0.3) is 0 Å². The molecule has 0 aliphatic carbocycles. The largest absolute Gasteiger partial charge is 0.411 e. The van der Waals surface area contributed by atoms with E-state index < -0.39 is 12.8 Å². The smallest absolute Gasteiger partial charge is 0.372 e. The first-order valence-electron chi connectivity index (χ1n) is 5.57. The van der Waals surface area contributed by atoms with Gasteiger partial charge in [-0.2, -0.15) is 13.2 Å². The molecule has 0 unspecified atom stereocenters. The number of rotatable bonds is 7. The van der Waals surface area contributed by atoms with E-state index in [9.17, 15) is 13.2 Å². The van der Waals surface area contributed by atoms with Gasteiger partial charge in [-0.25, -0.2) is 0 Å². The van der Waals surface area contributed by atoms with Gasteiger partial charge in [0.15, 0.2) is 0 Å². The maximum Gasteiger partial charge on any atom is 0.411 e. The van der Waals surface area contributed by atoms with E-state index in [1.54, 1.807) is 11.8 Å². The summed E-state index contributed by atoms with van der Waals surface area (Å²) in [5, 5.41) is 0. The van der Waals surface area contributed by atoms with E-state index in [1.807, 2.05) is 24.3 Å². The average Bonchev–Trinajstić information content (AvgIpc) is 2.32. The lowest BCUT2D eigenvalue weighted by molar-refractivity contribution is -0.173. The van der Waals surface area contributed by atoms with Crippen LogP contribution in [0.1, 0.15) is 12.0 Å². The minimum Gasteiger partial charge on any atom is -0.372 e. The van der Waals surface area contributed by atoms with Gasteiger partial charge in [-0.05, 0) is 24.1 Å². The summed E-state index contributed by atoms with van der Waals surface area (Å²) in [7, 11) is 0. The van der Waals surface area contributed by atoms with Crippen LogP contribution >= 0.6 is 11.8 Å². The van der Waals surface area contributed by atoms with Gasteiger partial charge in [0.25, 0.3) is 0 Å². The minimum atomic E-state index is -4.23. The van der Waals surface area contributed by atoms with Crippen molar-refractivity contribution in [2.45, 2.75) is 24.0 Å². The highest BCUT2D eigenvalue weighted by molar-refractivity contribution is 7.99. The second-order valence-corrected chi connectivity index (χ2v) is 4.89. The highest BCUT2D eigenvalue weighted by Crippen LogP contribution is 2.20. The van der Waals surface area contributed by atoms with Gasteiger partial charge in [0.2, 0.25) is 0 Å². The molecule has 0 atom stereocenters. The SMILES string of the molecule is NCc1cccc(SCCCOCC(F)(F)F)c1.